The zero-order valence-electron chi connectivity index (χ0n) is 8.20. The van der Waals surface area contributed by atoms with Crippen LogP contribution in [0.2, 0.25) is 0 Å². The molecule has 0 radical (unpaired) electrons. The fourth-order valence-corrected chi connectivity index (χ4v) is 1.24. The van der Waals surface area contributed by atoms with Crippen molar-refractivity contribution >= 4 is 6.21 Å². The third kappa shape index (κ3) is 2.98. The first-order valence-electron chi connectivity index (χ1n) is 4.63. The largest absolute Gasteiger partial charge is 0.313 e. The Balaban J connectivity index is 2.54. The van der Waals surface area contributed by atoms with Gasteiger partial charge >= 0.3 is 0 Å². The number of pyridine rings is 1. The third-order valence-electron chi connectivity index (χ3n) is 2.47. The molecule has 0 fully saturated rings. The second-order valence-corrected chi connectivity index (χ2v) is 3.56. The molecule has 2 nitrogen and oxygen atoms in total. The van der Waals surface area contributed by atoms with Crippen molar-refractivity contribution < 1.29 is 0 Å². The van der Waals surface area contributed by atoms with Crippen molar-refractivity contribution in [3.8, 4) is 0 Å². The Kier molecular flexibility index (Phi) is 3.62. The van der Waals surface area contributed by atoms with Gasteiger partial charge in [0.15, 0.2) is 0 Å². The van der Waals surface area contributed by atoms with Crippen LogP contribution in [0, 0.1) is 17.2 Å². The van der Waals surface area contributed by atoms with Gasteiger partial charge in [0.1, 0.15) is 0 Å². The quantitative estimate of drug-likeness (QED) is 0.703. The van der Waals surface area contributed by atoms with Crippen LogP contribution in [-0.4, -0.2) is 11.2 Å². The molecule has 2 heteroatoms. The van der Waals surface area contributed by atoms with E-state index >= 15 is 0 Å². The van der Waals surface area contributed by atoms with Crippen molar-refractivity contribution in [1.82, 2.24) is 4.98 Å². The van der Waals surface area contributed by atoms with Crippen LogP contribution in [0.25, 0.3) is 0 Å². The van der Waals surface area contributed by atoms with E-state index in [-0.39, 0.29) is 0 Å². The van der Waals surface area contributed by atoms with E-state index in [1.165, 1.54) is 11.8 Å². The molecule has 2 atom stereocenters. The van der Waals surface area contributed by atoms with E-state index in [4.69, 9.17) is 5.41 Å². The van der Waals surface area contributed by atoms with Crippen molar-refractivity contribution in [1.29, 1.82) is 5.41 Å². The standard InChI is InChI=1S/C11H16N2/c1-9(10(2)8-12)7-11-3-5-13-6-4-11/h3-6,8-10,12H,7H2,1-2H3. The monoisotopic (exact) mass is 176 g/mol. The van der Waals surface area contributed by atoms with Crippen LogP contribution < -0.4 is 0 Å². The molecule has 0 saturated heterocycles. The number of nitrogens with one attached hydrogen (secondary N) is 1. The van der Waals surface area contributed by atoms with Crippen molar-refractivity contribution in [3.05, 3.63) is 30.1 Å². The van der Waals surface area contributed by atoms with Crippen LogP contribution in [-0.2, 0) is 6.42 Å². The molecule has 1 aromatic rings. The van der Waals surface area contributed by atoms with E-state index < -0.39 is 0 Å². The average molecular weight is 176 g/mol. The van der Waals surface area contributed by atoms with E-state index in [1.807, 2.05) is 24.5 Å². The summed E-state index contributed by atoms with van der Waals surface area (Å²) in [7, 11) is 0. The number of aromatic nitrogens is 1. The number of hydrogen-bond donors (Lipinski definition) is 1. The average Bonchev–Trinajstić information content (AvgIpc) is 2.18. The van der Waals surface area contributed by atoms with Gasteiger partial charge in [-0.1, -0.05) is 13.8 Å². The second-order valence-electron chi connectivity index (χ2n) is 3.56. The molecule has 0 aliphatic carbocycles. The molecule has 70 valence electrons. The Bertz CT molecular complexity index is 256. The van der Waals surface area contributed by atoms with Gasteiger partial charge in [0.05, 0.1) is 0 Å². The minimum atomic E-state index is 0.355. The Hall–Kier alpha value is -1.18. The summed E-state index contributed by atoms with van der Waals surface area (Å²) in [6.07, 6.45) is 6.18. The first-order valence-corrected chi connectivity index (χ1v) is 4.63. The maximum atomic E-state index is 7.17. The molecule has 1 aromatic heterocycles. The molecule has 0 aliphatic rings. The molecule has 0 amide bonds. The maximum absolute atomic E-state index is 7.17. The maximum Gasteiger partial charge on any atom is 0.0270 e. The topological polar surface area (TPSA) is 36.7 Å². The predicted octanol–water partition coefficient (Wildman–Crippen LogP) is 2.55. The number of nitrogens with zero attached hydrogens (tertiary/aromatic N) is 1. The zero-order chi connectivity index (χ0) is 9.68. The molecule has 0 spiro atoms. The van der Waals surface area contributed by atoms with Crippen molar-refractivity contribution in [2.75, 3.05) is 0 Å². The van der Waals surface area contributed by atoms with Gasteiger partial charge in [0, 0.05) is 12.4 Å². The SMILES string of the molecule is CC(C=N)C(C)Cc1ccncc1. The Morgan fingerprint density at radius 1 is 1.38 bits per heavy atom. The van der Waals surface area contributed by atoms with Gasteiger partial charge in [-0.05, 0) is 42.2 Å². The van der Waals surface area contributed by atoms with Gasteiger partial charge in [-0.15, -0.1) is 0 Å². The molecule has 1 N–H and O–H groups in total. The minimum absolute atomic E-state index is 0.355. The van der Waals surface area contributed by atoms with Crippen molar-refractivity contribution in [2.24, 2.45) is 11.8 Å². The first-order chi connectivity index (χ1) is 6.24. The lowest BCUT2D eigenvalue weighted by molar-refractivity contribution is 0.487. The van der Waals surface area contributed by atoms with Crippen LogP contribution in [0.4, 0.5) is 0 Å². The lowest BCUT2D eigenvalue weighted by Gasteiger charge is -2.14. The van der Waals surface area contributed by atoms with E-state index in [0.717, 1.165) is 6.42 Å². The summed E-state index contributed by atoms with van der Waals surface area (Å²) in [5.41, 5.74) is 1.30. The molecule has 13 heavy (non-hydrogen) atoms. The van der Waals surface area contributed by atoms with E-state index in [9.17, 15) is 0 Å². The number of rotatable bonds is 4. The van der Waals surface area contributed by atoms with Crippen LogP contribution in [0.15, 0.2) is 24.5 Å². The van der Waals surface area contributed by atoms with Crippen molar-refractivity contribution in [2.45, 2.75) is 20.3 Å². The Morgan fingerprint density at radius 2 is 2.00 bits per heavy atom. The molecular weight excluding hydrogens is 160 g/mol. The highest BCUT2D eigenvalue weighted by atomic mass is 14.6. The number of hydrogen-bond acceptors (Lipinski definition) is 2. The lowest BCUT2D eigenvalue weighted by atomic mass is 9.91. The highest BCUT2D eigenvalue weighted by Crippen LogP contribution is 2.14. The fraction of sp³-hybridized carbons (Fsp3) is 0.455. The summed E-state index contributed by atoms with van der Waals surface area (Å²) in [5, 5.41) is 7.17. The molecule has 0 saturated carbocycles. The van der Waals surface area contributed by atoms with Gasteiger partial charge in [-0.25, -0.2) is 0 Å². The van der Waals surface area contributed by atoms with E-state index in [2.05, 4.69) is 18.8 Å². The molecule has 0 aromatic carbocycles. The Morgan fingerprint density at radius 3 is 2.54 bits per heavy atom. The van der Waals surface area contributed by atoms with Crippen molar-refractivity contribution in [3.63, 3.8) is 0 Å². The lowest BCUT2D eigenvalue weighted by Crippen LogP contribution is -2.11. The highest BCUT2D eigenvalue weighted by molar-refractivity contribution is 5.56. The predicted molar refractivity (Wildman–Crippen MR) is 55.1 cm³/mol. The van der Waals surface area contributed by atoms with Gasteiger partial charge in [-0.2, -0.15) is 0 Å². The van der Waals surface area contributed by atoms with Crippen LogP contribution >= 0.6 is 0 Å². The Labute approximate surface area is 79.5 Å². The fourth-order valence-electron chi connectivity index (χ4n) is 1.24. The van der Waals surface area contributed by atoms with Gasteiger partial charge in [0.2, 0.25) is 0 Å². The summed E-state index contributed by atoms with van der Waals surface area (Å²) in [6.45, 7) is 4.26. The minimum Gasteiger partial charge on any atom is -0.313 e. The van der Waals surface area contributed by atoms with Gasteiger partial charge in [-0.3, -0.25) is 4.98 Å². The van der Waals surface area contributed by atoms with Gasteiger partial charge in [0.25, 0.3) is 0 Å². The molecule has 2 unspecified atom stereocenters. The van der Waals surface area contributed by atoms with E-state index in [0.29, 0.717) is 11.8 Å². The first kappa shape index (κ1) is 9.90. The zero-order valence-corrected chi connectivity index (χ0v) is 8.20. The third-order valence-corrected chi connectivity index (χ3v) is 2.47. The summed E-state index contributed by atoms with van der Waals surface area (Å²) in [6, 6.07) is 4.07. The molecule has 1 heterocycles. The van der Waals surface area contributed by atoms with Crippen LogP contribution in [0.1, 0.15) is 19.4 Å². The second kappa shape index (κ2) is 4.75. The summed E-state index contributed by atoms with van der Waals surface area (Å²) >= 11 is 0. The van der Waals surface area contributed by atoms with Crippen LogP contribution in [0.3, 0.4) is 0 Å². The summed E-state index contributed by atoms with van der Waals surface area (Å²) < 4.78 is 0. The van der Waals surface area contributed by atoms with Crippen LogP contribution in [0.5, 0.6) is 0 Å². The molecule has 1 rings (SSSR count). The highest BCUT2D eigenvalue weighted by Gasteiger charge is 2.09. The summed E-state index contributed by atoms with van der Waals surface area (Å²) in [4.78, 5) is 3.97. The normalized spacial score (nSPS) is 14.9. The van der Waals surface area contributed by atoms with E-state index in [1.54, 1.807) is 0 Å². The smallest absolute Gasteiger partial charge is 0.0270 e. The molecular formula is C11H16N2. The summed E-state index contributed by atoms with van der Waals surface area (Å²) in [5.74, 6) is 0.882. The molecule has 0 bridgehead atoms. The molecule has 0 aliphatic heterocycles. The van der Waals surface area contributed by atoms with Gasteiger partial charge < -0.3 is 5.41 Å².